The van der Waals surface area contributed by atoms with Gasteiger partial charge in [0.05, 0.1) is 12.5 Å². The van der Waals surface area contributed by atoms with Gasteiger partial charge >= 0.3 is 5.97 Å². The second-order valence-corrected chi connectivity index (χ2v) is 3.12. The Balaban J connectivity index is 2.04. The highest BCUT2D eigenvalue weighted by Crippen LogP contribution is 2.03. The highest BCUT2D eigenvalue weighted by Gasteiger charge is 2.10. The maximum atomic E-state index is 11.4. The zero-order valence-corrected chi connectivity index (χ0v) is 9.03. The molecule has 0 aromatic carbocycles. The molecule has 0 aliphatic rings. The number of carbonyl (C=O) groups excluding carboxylic acids is 1. The molecule has 0 aliphatic heterocycles. The lowest BCUT2D eigenvalue weighted by atomic mass is 10.3. The number of nitrogens with zero attached hydrogens (tertiary/aromatic N) is 3. The Kier molecular flexibility index (Phi) is 3.25. The van der Waals surface area contributed by atoms with Crippen molar-refractivity contribution in [3.8, 4) is 0 Å². The number of aromatic nitrogens is 2. The van der Waals surface area contributed by atoms with Crippen LogP contribution in [0.4, 0.5) is 0 Å². The summed E-state index contributed by atoms with van der Waals surface area (Å²) in [6.07, 6.45) is 5.99. The summed E-state index contributed by atoms with van der Waals surface area (Å²) in [4.78, 5) is 24.0. The summed E-state index contributed by atoms with van der Waals surface area (Å²) in [5.74, 6) is -0.557. The number of hydrogen-bond donors (Lipinski definition) is 0. The summed E-state index contributed by atoms with van der Waals surface area (Å²) in [7, 11) is 0. The predicted molar refractivity (Wildman–Crippen MR) is 58.4 cm³/mol. The molecule has 86 valence electrons. The van der Waals surface area contributed by atoms with Gasteiger partial charge in [0.1, 0.15) is 11.4 Å². The van der Waals surface area contributed by atoms with Crippen LogP contribution < -0.4 is 0 Å². The van der Waals surface area contributed by atoms with Gasteiger partial charge in [0.25, 0.3) is 0 Å². The number of carbonyl (C=O) groups is 1. The van der Waals surface area contributed by atoms with E-state index in [0.717, 1.165) is 0 Å². The van der Waals surface area contributed by atoms with Gasteiger partial charge in [0.15, 0.2) is 0 Å². The van der Waals surface area contributed by atoms with Gasteiger partial charge in [0.2, 0.25) is 5.76 Å². The minimum absolute atomic E-state index is 0.0979. The molecule has 2 heterocycles. The second-order valence-electron chi connectivity index (χ2n) is 3.12. The number of oxime groups is 1. The van der Waals surface area contributed by atoms with E-state index in [1.54, 1.807) is 19.2 Å². The summed E-state index contributed by atoms with van der Waals surface area (Å²) in [5.41, 5.74) is 0.998. The Morgan fingerprint density at radius 1 is 1.47 bits per heavy atom. The summed E-state index contributed by atoms with van der Waals surface area (Å²) < 4.78 is 4.86. The van der Waals surface area contributed by atoms with E-state index in [1.807, 2.05) is 0 Å². The van der Waals surface area contributed by atoms with E-state index in [2.05, 4.69) is 15.1 Å². The van der Waals surface area contributed by atoms with Crippen LogP contribution in [-0.2, 0) is 4.84 Å². The molecule has 0 fully saturated rings. The van der Waals surface area contributed by atoms with Gasteiger partial charge < -0.3 is 9.25 Å². The zero-order valence-electron chi connectivity index (χ0n) is 9.03. The summed E-state index contributed by atoms with van der Waals surface area (Å²) in [6.45, 7) is 1.67. The van der Waals surface area contributed by atoms with Crippen molar-refractivity contribution in [1.82, 2.24) is 9.97 Å². The first-order chi connectivity index (χ1) is 8.27. The Labute approximate surface area is 96.9 Å². The summed E-state index contributed by atoms with van der Waals surface area (Å²) >= 11 is 0. The molecule has 0 spiro atoms. The molecule has 0 saturated carbocycles. The molecule has 0 aliphatic carbocycles. The van der Waals surface area contributed by atoms with Crippen LogP contribution in [-0.4, -0.2) is 21.6 Å². The standard InChI is InChI=1S/C11H9N3O3/c1-8(9-7-12-4-5-13-9)14-17-11(15)10-3-2-6-16-10/h2-7H,1H3/b14-8+. The lowest BCUT2D eigenvalue weighted by Gasteiger charge is -1.97. The van der Waals surface area contributed by atoms with Crippen LogP contribution >= 0.6 is 0 Å². The third-order valence-electron chi connectivity index (χ3n) is 1.92. The lowest BCUT2D eigenvalue weighted by molar-refractivity contribution is 0.0480. The molecular formula is C11H9N3O3. The summed E-state index contributed by atoms with van der Waals surface area (Å²) in [5, 5.41) is 3.65. The average Bonchev–Trinajstić information content (AvgIpc) is 2.90. The first-order valence-electron chi connectivity index (χ1n) is 4.83. The van der Waals surface area contributed by atoms with E-state index in [0.29, 0.717) is 11.4 Å². The molecule has 17 heavy (non-hydrogen) atoms. The molecule has 2 rings (SSSR count). The second kappa shape index (κ2) is 5.02. The summed E-state index contributed by atoms with van der Waals surface area (Å²) in [6, 6.07) is 3.09. The maximum absolute atomic E-state index is 11.4. The molecule has 2 aromatic rings. The van der Waals surface area contributed by atoms with Gasteiger partial charge in [-0.25, -0.2) is 4.79 Å². The monoisotopic (exact) mass is 231 g/mol. The number of hydrogen-bond acceptors (Lipinski definition) is 6. The van der Waals surface area contributed by atoms with E-state index in [4.69, 9.17) is 9.25 Å². The Bertz CT molecular complexity index is 520. The van der Waals surface area contributed by atoms with E-state index in [1.165, 1.54) is 24.7 Å². The molecule has 0 atom stereocenters. The van der Waals surface area contributed by atoms with Crippen molar-refractivity contribution in [2.45, 2.75) is 6.92 Å². The molecule has 0 bridgehead atoms. The van der Waals surface area contributed by atoms with Crippen LogP contribution in [0.3, 0.4) is 0 Å². The molecule has 0 amide bonds. The average molecular weight is 231 g/mol. The van der Waals surface area contributed by atoms with E-state index >= 15 is 0 Å². The highest BCUT2D eigenvalue weighted by molar-refractivity contribution is 5.97. The van der Waals surface area contributed by atoms with Crippen molar-refractivity contribution in [2.24, 2.45) is 5.16 Å². The van der Waals surface area contributed by atoms with Crippen molar-refractivity contribution >= 4 is 11.7 Å². The molecule has 6 heteroatoms. The minimum Gasteiger partial charge on any atom is -0.457 e. The number of rotatable bonds is 3. The van der Waals surface area contributed by atoms with Gasteiger partial charge in [-0.05, 0) is 19.1 Å². The fourth-order valence-corrected chi connectivity index (χ4v) is 1.08. The van der Waals surface area contributed by atoms with E-state index in [-0.39, 0.29) is 5.76 Å². The molecule has 6 nitrogen and oxygen atoms in total. The predicted octanol–water partition coefficient (Wildman–Crippen LogP) is 1.65. The normalized spacial score (nSPS) is 11.2. The van der Waals surface area contributed by atoms with Crippen LogP contribution in [0, 0.1) is 0 Å². The Morgan fingerprint density at radius 3 is 3.00 bits per heavy atom. The molecular weight excluding hydrogens is 222 g/mol. The van der Waals surface area contributed by atoms with Crippen LogP contribution in [0.15, 0.2) is 46.6 Å². The Hall–Kier alpha value is -2.50. The molecule has 0 saturated heterocycles. The third-order valence-corrected chi connectivity index (χ3v) is 1.92. The molecule has 0 radical (unpaired) electrons. The quantitative estimate of drug-likeness (QED) is 0.456. The van der Waals surface area contributed by atoms with Gasteiger partial charge in [0, 0.05) is 12.4 Å². The van der Waals surface area contributed by atoms with Gasteiger partial charge in [-0.15, -0.1) is 0 Å². The highest BCUT2D eigenvalue weighted by atomic mass is 16.7. The van der Waals surface area contributed by atoms with Gasteiger partial charge in [-0.2, -0.15) is 0 Å². The largest absolute Gasteiger partial charge is 0.457 e. The van der Waals surface area contributed by atoms with Crippen molar-refractivity contribution < 1.29 is 14.0 Å². The van der Waals surface area contributed by atoms with E-state index < -0.39 is 5.97 Å². The fraction of sp³-hybridized carbons (Fsp3) is 0.0909. The Morgan fingerprint density at radius 2 is 2.35 bits per heavy atom. The zero-order chi connectivity index (χ0) is 12.1. The van der Waals surface area contributed by atoms with Crippen LogP contribution in [0.5, 0.6) is 0 Å². The van der Waals surface area contributed by atoms with Crippen LogP contribution in [0.2, 0.25) is 0 Å². The van der Waals surface area contributed by atoms with Crippen molar-refractivity contribution in [3.63, 3.8) is 0 Å². The SMILES string of the molecule is C/C(=N\OC(=O)c1ccco1)c1cnccn1. The lowest BCUT2D eigenvalue weighted by Crippen LogP contribution is -2.04. The van der Waals surface area contributed by atoms with Gasteiger partial charge in [-0.3, -0.25) is 9.97 Å². The molecule has 0 unspecified atom stereocenters. The molecule has 2 aromatic heterocycles. The maximum Gasteiger partial charge on any atom is 0.400 e. The molecule has 0 N–H and O–H groups in total. The topological polar surface area (TPSA) is 77.6 Å². The first kappa shape index (κ1) is 11.0. The fourth-order valence-electron chi connectivity index (χ4n) is 1.08. The van der Waals surface area contributed by atoms with Gasteiger partial charge in [-0.1, -0.05) is 5.16 Å². The third kappa shape index (κ3) is 2.75. The smallest absolute Gasteiger partial charge is 0.400 e. The van der Waals surface area contributed by atoms with Crippen LogP contribution in [0.1, 0.15) is 23.2 Å². The van der Waals surface area contributed by atoms with Crippen LogP contribution in [0.25, 0.3) is 0 Å². The van der Waals surface area contributed by atoms with Crippen molar-refractivity contribution in [3.05, 3.63) is 48.4 Å². The van der Waals surface area contributed by atoms with Crippen molar-refractivity contribution in [2.75, 3.05) is 0 Å². The van der Waals surface area contributed by atoms with E-state index in [9.17, 15) is 4.79 Å². The number of furan rings is 1. The first-order valence-corrected chi connectivity index (χ1v) is 4.83. The van der Waals surface area contributed by atoms with Crippen molar-refractivity contribution in [1.29, 1.82) is 0 Å². The minimum atomic E-state index is -0.654.